The van der Waals surface area contributed by atoms with Crippen molar-refractivity contribution in [2.75, 3.05) is 25.1 Å². The number of anilines is 1. The standard InChI is InChI=1S/C19H22ClN3OS/c1-14-11-16(20)17(21-12-14)23-18(25)22-13-19(7-9-24-10-8-19)15-5-3-2-4-6-15/h2-6,11-12H,7-10,13H2,1H3,(H2,21,22,23,25). The van der Waals surface area contributed by atoms with Crippen LogP contribution in [-0.4, -0.2) is 29.9 Å². The third kappa shape index (κ3) is 4.48. The predicted octanol–water partition coefficient (Wildman–Crippen LogP) is 4.08. The molecule has 0 saturated carbocycles. The molecule has 0 atom stereocenters. The van der Waals surface area contributed by atoms with Crippen molar-refractivity contribution in [3.63, 3.8) is 0 Å². The van der Waals surface area contributed by atoms with Gasteiger partial charge in [-0.1, -0.05) is 41.9 Å². The number of nitrogens with zero attached hydrogens (tertiary/aromatic N) is 1. The smallest absolute Gasteiger partial charge is 0.172 e. The van der Waals surface area contributed by atoms with Gasteiger partial charge in [-0.15, -0.1) is 0 Å². The van der Waals surface area contributed by atoms with Gasteiger partial charge < -0.3 is 15.4 Å². The highest BCUT2D eigenvalue weighted by Crippen LogP contribution is 2.34. The zero-order valence-corrected chi connectivity index (χ0v) is 15.8. The van der Waals surface area contributed by atoms with Gasteiger partial charge in [-0.2, -0.15) is 0 Å². The zero-order valence-electron chi connectivity index (χ0n) is 14.2. The number of aryl methyl sites for hydroxylation is 1. The predicted molar refractivity (Wildman–Crippen MR) is 106 cm³/mol. The molecule has 2 heterocycles. The second-order valence-electron chi connectivity index (χ2n) is 6.41. The Bertz CT molecular complexity index is 733. The second-order valence-corrected chi connectivity index (χ2v) is 7.22. The first-order valence-corrected chi connectivity index (χ1v) is 9.18. The van der Waals surface area contributed by atoms with Crippen molar-refractivity contribution in [3.8, 4) is 0 Å². The van der Waals surface area contributed by atoms with Crippen LogP contribution >= 0.6 is 23.8 Å². The molecule has 0 amide bonds. The largest absolute Gasteiger partial charge is 0.381 e. The quantitative estimate of drug-likeness (QED) is 0.788. The van der Waals surface area contributed by atoms with E-state index in [2.05, 4.69) is 39.9 Å². The molecule has 1 aromatic heterocycles. The molecule has 4 nitrogen and oxygen atoms in total. The summed E-state index contributed by atoms with van der Waals surface area (Å²) < 4.78 is 5.57. The summed E-state index contributed by atoms with van der Waals surface area (Å²) >= 11 is 11.7. The summed E-state index contributed by atoms with van der Waals surface area (Å²) in [6, 6.07) is 12.4. The molecule has 6 heteroatoms. The number of ether oxygens (including phenoxy) is 1. The van der Waals surface area contributed by atoms with Gasteiger partial charge in [0.25, 0.3) is 0 Å². The molecular weight excluding hydrogens is 354 g/mol. The Hall–Kier alpha value is -1.69. The van der Waals surface area contributed by atoms with E-state index >= 15 is 0 Å². The molecule has 0 spiro atoms. The van der Waals surface area contributed by atoms with Gasteiger partial charge in [0.1, 0.15) is 0 Å². The number of aromatic nitrogens is 1. The van der Waals surface area contributed by atoms with Gasteiger partial charge in [0.2, 0.25) is 0 Å². The first kappa shape index (κ1) is 18.1. The molecule has 0 unspecified atom stereocenters. The number of benzene rings is 1. The fourth-order valence-corrected chi connectivity index (χ4v) is 3.59. The molecule has 0 bridgehead atoms. The molecule has 1 aliphatic heterocycles. The molecule has 1 aliphatic rings. The number of hydrogen-bond donors (Lipinski definition) is 2. The topological polar surface area (TPSA) is 46.2 Å². The van der Waals surface area contributed by atoms with Gasteiger partial charge in [0, 0.05) is 31.4 Å². The number of thiocarbonyl (C=S) groups is 1. The fraction of sp³-hybridized carbons (Fsp3) is 0.368. The molecule has 1 fully saturated rings. The highest BCUT2D eigenvalue weighted by Gasteiger charge is 2.34. The van der Waals surface area contributed by atoms with Crippen LogP contribution in [0, 0.1) is 6.92 Å². The van der Waals surface area contributed by atoms with Crippen LogP contribution < -0.4 is 10.6 Å². The molecule has 1 saturated heterocycles. The lowest BCUT2D eigenvalue weighted by atomic mass is 9.74. The van der Waals surface area contributed by atoms with Crippen LogP contribution in [0.4, 0.5) is 5.82 Å². The van der Waals surface area contributed by atoms with Crippen molar-refractivity contribution < 1.29 is 4.74 Å². The van der Waals surface area contributed by atoms with Crippen LogP contribution in [0.1, 0.15) is 24.0 Å². The summed E-state index contributed by atoms with van der Waals surface area (Å²) in [5, 5.41) is 7.53. The first-order valence-electron chi connectivity index (χ1n) is 8.39. The summed E-state index contributed by atoms with van der Waals surface area (Å²) in [5.41, 5.74) is 2.36. The molecule has 0 aliphatic carbocycles. The maximum Gasteiger partial charge on any atom is 0.172 e. The Morgan fingerprint density at radius 3 is 2.68 bits per heavy atom. The molecule has 3 rings (SSSR count). The van der Waals surface area contributed by atoms with Gasteiger partial charge >= 0.3 is 0 Å². The van der Waals surface area contributed by atoms with Gasteiger partial charge in [-0.05, 0) is 49.2 Å². The van der Waals surface area contributed by atoms with Crippen molar-refractivity contribution in [2.45, 2.75) is 25.2 Å². The van der Waals surface area contributed by atoms with E-state index in [9.17, 15) is 0 Å². The van der Waals surface area contributed by atoms with E-state index in [1.54, 1.807) is 6.20 Å². The van der Waals surface area contributed by atoms with Crippen molar-refractivity contribution in [1.82, 2.24) is 10.3 Å². The maximum atomic E-state index is 6.22. The fourth-order valence-electron chi connectivity index (χ4n) is 3.15. The molecule has 0 radical (unpaired) electrons. The van der Waals surface area contributed by atoms with Crippen molar-refractivity contribution in [1.29, 1.82) is 0 Å². The number of halogens is 1. The van der Waals surface area contributed by atoms with Crippen LogP contribution in [0.3, 0.4) is 0 Å². The molecule has 25 heavy (non-hydrogen) atoms. The van der Waals surface area contributed by atoms with Gasteiger partial charge in [-0.3, -0.25) is 0 Å². The maximum absolute atomic E-state index is 6.22. The molecular formula is C19H22ClN3OS. The number of rotatable bonds is 4. The van der Waals surface area contributed by atoms with E-state index in [4.69, 9.17) is 28.6 Å². The molecule has 2 aromatic rings. The monoisotopic (exact) mass is 375 g/mol. The van der Waals surface area contributed by atoms with E-state index in [-0.39, 0.29) is 5.41 Å². The Balaban J connectivity index is 1.68. The summed E-state index contributed by atoms with van der Waals surface area (Å²) in [4.78, 5) is 4.30. The average molecular weight is 376 g/mol. The number of nitrogens with one attached hydrogen (secondary N) is 2. The third-order valence-corrected chi connectivity index (χ3v) is 5.17. The number of hydrogen-bond acceptors (Lipinski definition) is 3. The zero-order chi connectivity index (χ0) is 17.7. The Kier molecular flexibility index (Phi) is 5.89. The van der Waals surface area contributed by atoms with Crippen LogP contribution in [0.15, 0.2) is 42.6 Å². The minimum atomic E-state index is 0.0236. The minimum Gasteiger partial charge on any atom is -0.381 e. The average Bonchev–Trinajstić information content (AvgIpc) is 2.64. The molecule has 132 valence electrons. The lowest BCUT2D eigenvalue weighted by Gasteiger charge is -2.38. The highest BCUT2D eigenvalue weighted by atomic mass is 35.5. The van der Waals surface area contributed by atoms with Gasteiger partial charge in [0.05, 0.1) is 5.02 Å². The summed E-state index contributed by atoms with van der Waals surface area (Å²) in [6.07, 6.45) is 3.70. The van der Waals surface area contributed by atoms with Crippen LogP contribution in [0.2, 0.25) is 5.02 Å². The van der Waals surface area contributed by atoms with Crippen molar-refractivity contribution in [2.24, 2.45) is 0 Å². The summed E-state index contributed by atoms with van der Waals surface area (Å²) in [5.74, 6) is 0.575. The summed E-state index contributed by atoms with van der Waals surface area (Å²) in [6.45, 7) is 4.23. The Labute approximate surface area is 158 Å². The lowest BCUT2D eigenvalue weighted by Crippen LogP contribution is -2.45. The SMILES string of the molecule is Cc1cnc(NC(=S)NCC2(c3ccccc3)CCOCC2)c(Cl)c1. The van der Waals surface area contributed by atoms with Crippen LogP contribution in [0.25, 0.3) is 0 Å². The van der Waals surface area contributed by atoms with E-state index < -0.39 is 0 Å². The minimum absolute atomic E-state index is 0.0236. The normalized spacial score (nSPS) is 16.2. The Morgan fingerprint density at radius 1 is 1.28 bits per heavy atom. The first-order chi connectivity index (χ1) is 12.1. The van der Waals surface area contributed by atoms with Crippen molar-refractivity contribution in [3.05, 3.63) is 58.7 Å². The number of pyridine rings is 1. The second kappa shape index (κ2) is 8.13. The summed E-state index contributed by atoms with van der Waals surface area (Å²) in [7, 11) is 0. The van der Waals surface area contributed by atoms with E-state index in [1.165, 1.54) is 5.56 Å². The van der Waals surface area contributed by atoms with Crippen LogP contribution in [0.5, 0.6) is 0 Å². The lowest BCUT2D eigenvalue weighted by molar-refractivity contribution is 0.0515. The van der Waals surface area contributed by atoms with Crippen LogP contribution in [-0.2, 0) is 10.2 Å². The van der Waals surface area contributed by atoms with Gasteiger partial charge in [0.15, 0.2) is 10.9 Å². The highest BCUT2D eigenvalue weighted by molar-refractivity contribution is 7.80. The molecule has 1 aromatic carbocycles. The third-order valence-electron chi connectivity index (χ3n) is 4.63. The Morgan fingerprint density at radius 2 is 2.00 bits per heavy atom. The van der Waals surface area contributed by atoms with E-state index in [0.29, 0.717) is 16.0 Å². The van der Waals surface area contributed by atoms with Gasteiger partial charge in [-0.25, -0.2) is 4.98 Å². The van der Waals surface area contributed by atoms with E-state index in [0.717, 1.165) is 38.2 Å². The van der Waals surface area contributed by atoms with Crippen molar-refractivity contribution >= 4 is 34.7 Å². The van der Waals surface area contributed by atoms with E-state index in [1.807, 2.05) is 19.1 Å². The molecule has 2 N–H and O–H groups in total.